The van der Waals surface area contributed by atoms with Crippen LogP contribution in [0.4, 0.5) is 11.5 Å². The summed E-state index contributed by atoms with van der Waals surface area (Å²) in [5.74, 6) is 0.0558. The number of esters is 1. The highest BCUT2D eigenvalue weighted by Gasteiger charge is 2.20. The number of carbonyl (C=O) groups excluding carboxylic acids is 1. The Morgan fingerprint density at radius 1 is 1.50 bits per heavy atom. The lowest BCUT2D eigenvalue weighted by Gasteiger charge is -2.28. The Labute approximate surface area is 120 Å². The van der Waals surface area contributed by atoms with Gasteiger partial charge in [0.25, 0.3) is 0 Å². The molecule has 0 aromatic carbocycles. The van der Waals surface area contributed by atoms with Crippen LogP contribution in [-0.2, 0) is 4.74 Å². The lowest BCUT2D eigenvalue weighted by molar-refractivity contribution is 0.0602. The molecule has 0 fully saturated rings. The van der Waals surface area contributed by atoms with Gasteiger partial charge in [0.15, 0.2) is 0 Å². The molecule has 112 valence electrons. The van der Waals surface area contributed by atoms with Gasteiger partial charge in [0, 0.05) is 19.3 Å². The third kappa shape index (κ3) is 4.38. The molecule has 0 aliphatic carbocycles. The van der Waals surface area contributed by atoms with Crippen LogP contribution in [-0.4, -0.2) is 50.1 Å². The van der Waals surface area contributed by atoms with E-state index in [1.165, 1.54) is 7.11 Å². The van der Waals surface area contributed by atoms with E-state index in [9.17, 15) is 4.79 Å². The van der Waals surface area contributed by atoms with Crippen molar-refractivity contribution in [2.24, 2.45) is 5.41 Å². The maximum atomic E-state index is 11.6. The molecule has 0 spiro atoms. The Morgan fingerprint density at radius 3 is 2.70 bits per heavy atom. The van der Waals surface area contributed by atoms with E-state index in [2.05, 4.69) is 33.8 Å². The van der Waals surface area contributed by atoms with Gasteiger partial charge < -0.3 is 20.7 Å². The molecule has 1 rings (SSSR count). The maximum Gasteiger partial charge on any atom is 0.340 e. The lowest BCUT2D eigenvalue weighted by Crippen LogP contribution is -2.34. The quantitative estimate of drug-likeness (QED) is 0.768. The molecule has 1 aromatic rings. The first-order valence-electron chi connectivity index (χ1n) is 6.48. The number of rotatable bonds is 6. The fourth-order valence-electron chi connectivity index (χ4n) is 2.14. The number of nitrogens with one attached hydrogen (secondary N) is 1. The Kier molecular flexibility index (Phi) is 5.33. The van der Waals surface area contributed by atoms with Crippen LogP contribution in [0.1, 0.15) is 24.2 Å². The van der Waals surface area contributed by atoms with Crippen LogP contribution in [0.2, 0.25) is 0 Å². The van der Waals surface area contributed by atoms with Gasteiger partial charge in [0.1, 0.15) is 5.82 Å². The second-order valence-electron chi connectivity index (χ2n) is 5.87. The van der Waals surface area contributed by atoms with Gasteiger partial charge in [-0.3, -0.25) is 0 Å². The van der Waals surface area contributed by atoms with Crippen molar-refractivity contribution in [1.82, 2.24) is 9.88 Å². The first-order valence-corrected chi connectivity index (χ1v) is 6.48. The fraction of sp³-hybridized carbons (Fsp3) is 0.571. The molecule has 0 amide bonds. The van der Waals surface area contributed by atoms with Crippen molar-refractivity contribution in [1.29, 1.82) is 0 Å². The van der Waals surface area contributed by atoms with Gasteiger partial charge in [-0.1, -0.05) is 13.8 Å². The molecule has 0 atom stereocenters. The van der Waals surface area contributed by atoms with Crippen molar-refractivity contribution in [2.45, 2.75) is 13.8 Å². The Morgan fingerprint density at radius 2 is 2.15 bits per heavy atom. The Balaban J connectivity index is 2.81. The van der Waals surface area contributed by atoms with Crippen molar-refractivity contribution in [3.63, 3.8) is 0 Å². The lowest BCUT2D eigenvalue weighted by atomic mass is 9.93. The number of pyridine rings is 1. The molecule has 0 aliphatic rings. The van der Waals surface area contributed by atoms with Crippen LogP contribution < -0.4 is 11.1 Å². The highest BCUT2D eigenvalue weighted by molar-refractivity contribution is 5.97. The van der Waals surface area contributed by atoms with Gasteiger partial charge in [-0.05, 0) is 25.6 Å². The van der Waals surface area contributed by atoms with Crippen molar-refractivity contribution < 1.29 is 9.53 Å². The van der Waals surface area contributed by atoms with Gasteiger partial charge in [0.2, 0.25) is 0 Å². The highest BCUT2D eigenvalue weighted by atomic mass is 16.5. The molecule has 0 saturated heterocycles. The van der Waals surface area contributed by atoms with Crippen LogP contribution in [0.5, 0.6) is 0 Å². The molecule has 3 N–H and O–H groups in total. The molecule has 1 heterocycles. The molecule has 6 nitrogen and oxygen atoms in total. The van der Waals surface area contributed by atoms with Gasteiger partial charge in [-0.25, -0.2) is 9.78 Å². The average molecular weight is 280 g/mol. The summed E-state index contributed by atoms with van der Waals surface area (Å²) in [6, 6.07) is 1.55. The number of aromatic nitrogens is 1. The number of methoxy groups -OCH3 is 1. The molecular formula is C14H24N4O2. The van der Waals surface area contributed by atoms with Gasteiger partial charge in [-0.2, -0.15) is 0 Å². The topological polar surface area (TPSA) is 80.5 Å². The summed E-state index contributed by atoms with van der Waals surface area (Å²) in [4.78, 5) is 17.9. The molecule has 0 unspecified atom stereocenters. The zero-order valence-electron chi connectivity index (χ0n) is 12.9. The average Bonchev–Trinajstić information content (AvgIpc) is 2.35. The molecule has 0 saturated carbocycles. The van der Waals surface area contributed by atoms with Crippen molar-refractivity contribution >= 4 is 17.5 Å². The number of carbonyl (C=O) groups is 1. The first-order chi connectivity index (χ1) is 9.26. The smallest absolute Gasteiger partial charge is 0.340 e. The van der Waals surface area contributed by atoms with E-state index >= 15 is 0 Å². The van der Waals surface area contributed by atoms with Gasteiger partial charge in [0.05, 0.1) is 18.4 Å². The van der Waals surface area contributed by atoms with Crippen LogP contribution in [0.3, 0.4) is 0 Å². The minimum Gasteiger partial charge on any atom is -0.465 e. The van der Waals surface area contributed by atoms with E-state index < -0.39 is 5.97 Å². The maximum absolute atomic E-state index is 11.6. The van der Waals surface area contributed by atoms with Crippen LogP contribution in [0.15, 0.2) is 12.3 Å². The predicted octanol–water partition coefficient (Wildman–Crippen LogP) is 1.45. The molecular weight excluding hydrogens is 256 g/mol. The van der Waals surface area contributed by atoms with E-state index in [1.54, 1.807) is 12.3 Å². The standard InChI is InChI=1S/C14H24N4O2/c1-14(2,9-18(3)4)8-17-12-11(15)10(6-7-16-12)13(19)20-5/h6-7H,8-9,15H2,1-5H3,(H,16,17). The Bertz CT molecular complexity index is 472. The molecule has 20 heavy (non-hydrogen) atoms. The third-order valence-corrected chi connectivity index (χ3v) is 2.87. The number of hydrogen-bond acceptors (Lipinski definition) is 6. The van der Waals surface area contributed by atoms with E-state index in [1.807, 2.05) is 14.1 Å². The molecule has 6 heteroatoms. The van der Waals surface area contributed by atoms with Crippen molar-refractivity contribution in [2.75, 3.05) is 45.3 Å². The minimum atomic E-state index is -0.458. The summed E-state index contributed by atoms with van der Waals surface area (Å²) in [7, 11) is 5.40. The second-order valence-corrected chi connectivity index (χ2v) is 5.87. The zero-order chi connectivity index (χ0) is 15.3. The van der Waals surface area contributed by atoms with Crippen molar-refractivity contribution in [3.05, 3.63) is 17.8 Å². The number of nitrogen functional groups attached to an aromatic ring is 1. The second kappa shape index (κ2) is 6.56. The number of ether oxygens (including phenoxy) is 1. The van der Waals surface area contributed by atoms with E-state index in [-0.39, 0.29) is 5.41 Å². The van der Waals surface area contributed by atoms with Crippen LogP contribution in [0, 0.1) is 5.41 Å². The number of hydrogen-bond donors (Lipinski definition) is 2. The normalized spacial score (nSPS) is 11.5. The summed E-state index contributed by atoms with van der Waals surface area (Å²) in [6.45, 7) is 5.93. The molecule has 0 radical (unpaired) electrons. The summed E-state index contributed by atoms with van der Waals surface area (Å²) < 4.78 is 4.69. The number of nitrogens with zero attached hydrogens (tertiary/aromatic N) is 2. The first kappa shape index (κ1) is 16.2. The highest BCUT2D eigenvalue weighted by Crippen LogP contribution is 2.23. The summed E-state index contributed by atoms with van der Waals surface area (Å²) in [5.41, 5.74) is 6.66. The van der Waals surface area contributed by atoms with Crippen LogP contribution in [0.25, 0.3) is 0 Å². The molecule has 1 aromatic heterocycles. The minimum absolute atomic E-state index is 0.0545. The van der Waals surface area contributed by atoms with E-state index in [0.29, 0.717) is 23.6 Å². The summed E-state index contributed by atoms with van der Waals surface area (Å²) >= 11 is 0. The summed E-state index contributed by atoms with van der Waals surface area (Å²) in [5, 5.41) is 3.21. The third-order valence-electron chi connectivity index (χ3n) is 2.87. The van der Waals surface area contributed by atoms with Gasteiger partial charge in [-0.15, -0.1) is 0 Å². The Hall–Kier alpha value is -1.82. The molecule has 0 aliphatic heterocycles. The number of nitrogens with two attached hydrogens (primary N) is 1. The predicted molar refractivity (Wildman–Crippen MR) is 80.8 cm³/mol. The SMILES string of the molecule is COC(=O)c1ccnc(NCC(C)(C)CN(C)C)c1N. The van der Waals surface area contributed by atoms with Crippen molar-refractivity contribution in [3.8, 4) is 0 Å². The fourth-order valence-corrected chi connectivity index (χ4v) is 2.14. The van der Waals surface area contributed by atoms with Gasteiger partial charge >= 0.3 is 5.97 Å². The van der Waals surface area contributed by atoms with Crippen LogP contribution >= 0.6 is 0 Å². The number of anilines is 2. The zero-order valence-corrected chi connectivity index (χ0v) is 12.9. The van der Waals surface area contributed by atoms with E-state index in [0.717, 1.165) is 6.54 Å². The largest absolute Gasteiger partial charge is 0.465 e. The monoisotopic (exact) mass is 280 g/mol. The molecule has 0 bridgehead atoms. The summed E-state index contributed by atoms with van der Waals surface area (Å²) in [6.07, 6.45) is 1.55. The van der Waals surface area contributed by atoms with E-state index in [4.69, 9.17) is 5.73 Å².